The molecule has 0 radical (unpaired) electrons. The highest BCUT2D eigenvalue weighted by Crippen LogP contribution is 2.27. The van der Waals surface area contributed by atoms with Crippen LogP contribution in [0, 0.1) is 0 Å². The summed E-state index contributed by atoms with van der Waals surface area (Å²) in [5.41, 5.74) is 0. The van der Waals surface area contributed by atoms with Crippen LogP contribution < -0.4 is 5.32 Å². The number of hydrogen-bond donors (Lipinski definition) is 1. The fourth-order valence-corrected chi connectivity index (χ4v) is 2.89. The second-order valence-corrected chi connectivity index (χ2v) is 5.03. The second-order valence-electron chi connectivity index (χ2n) is 4.22. The minimum atomic E-state index is -0.0469. The Balaban J connectivity index is 1.80. The molecule has 16 heavy (non-hydrogen) atoms. The SMILES string of the molecule is O=C(c1cc(Br)no1)N1CCC2NCCC21. The van der Waals surface area contributed by atoms with E-state index in [9.17, 15) is 4.79 Å². The van der Waals surface area contributed by atoms with Crippen LogP contribution in [0.15, 0.2) is 15.2 Å². The summed E-state index contributed by atoms with van der Waals surface area (Å²) in [5, 5.41) is 7.08. The van der Waals surface area contributed by atoms with Crippen molar-refractivity contribution in [1.29, 1.82) is 0 Å². The van der Waals surface area contributed by atoms with E-state index >= 15 is 0 Å². The molecule has 2 fully saturated rings. The van der Waals surface area contributed by atoms with E-state index in [2.05, 4.69) is 26.4 Å². The fraction of sp³-hybridized carbons (Fsp3) is 0.600. The van der Waals surface area contributed by atoms with Gasteiger partial charge in [-0.2, -0.15) is 0 Å². The van der Waals surface area contributed by atoms with Crippen LogP contribution in [0.4, 0.5) is 0 Å². The zero-order valence-electron chi connectivity index (χ0n) is 8.65. The molecule has 2 aliphatic rings. The molecule has 0 saturated carbocycles. The highest BCUT2D eigenvalue weighted by Gasteiger charge is 2.40. The van der Waals surface area contributed by atoms with Crippen LogP contribution in [0.2, 0.25) is 0 Å². The number of likely N-dealkylation sites (tertiary alicyclic amines) is 1. The minimum Gasteiger partial charge on any atom is -0.350 e. The fourth-order valence-electron chi connectivity index (χ4n) is 2.61. The molecule has 86 valence electrons. The van der Waals surface area contributed by atoms with Gasteiger partial charge in [0.05, 0.1) is 0 Å². The molecule has 2 aliphatic heterocycles. The van der Waals surface area contributed by atoms with Gasteiger partial charge >= 0.3 is 0 Å². The average molecular weight is 286 g/mol. The lowest BCUT2D eigenvalue weighted by atomic mass is 10.1. The quantitative estimate of drug-likeness (QED) is 0.837. The van der Waals surface area contributed by atoms with Crippen LogP contribution in [0.1, 0.15) is 23.4 Å². The highest BCUT2D eigenvalue weighted by atomic mass is 79.9. The molecule has 1 N–H and O–H groups in total. The molecule has 2 unspecified atom stereocenters. The van der Waals surface area contributed by atoms with E-state index in [0.717, 1.165) is 25.9 Å². The van der Waals surface area contributed by atoms with Crippen LogP contribution in [0.5, 0.6) is 0 Å². The summed E-state index contributed by atoms with van der Waals surface area (Å²) < 4.78 is 5.54. The number of nitrogens with zero attached hydrogens (tertiary/aromatic N) is 2. The summed E-state index contributed by atoms with van der Waals surface area (Å²) in [7, 11) is 0. The second kappa shape index (κ2) is 3.85. The van der Waals surface area contributed by atoms with Gasteiger partial charge in [0.2, 0.25) is 5.76 Å². The van der Waals surface area contributed by atoms with Gasteiger partial charge in [-0.25, -0.2) is 0 Å². The minimum absolute atomic E-state index is 0.0469. The molecule has 2 atom stereocenters. The molecule has 5 nitrogen and oxygen atoms in total. The summed E-state index contributed by atoms with van der Waals surface area (Å²) in [6.07, 6.45) is 2.07. The maximum atomic E-state index is 12.1. The highest BCUT2D eigenvalue weighted by molar-refractivity contribution is 9.10. The van der Waals surface area contributed by atoms with Crippen LogP contribution >= 0.6 is 15.9 Å². The number of amides is 1. The van der Waals surface area contributed by atoms with Crippen LogP contribution in [0.3, 0.4) is 0 Å². The monoisotopic (exact) mass is 285 g/mol. The number of carbonyl (C=O) groups excluding carboxylic acids is 1. The largest absolute Gasteiger partial charge is 0.350 e. The van der Waals surface area contributed by atoms with Crippen LogP contribution in [-0.4, -0.2) is 41.1 Å². The van der Waals surface area contributed by atoms with Gasteiger partial charge in [-0.3, -0.25) is 4.79 Å². The van der Waals surface area contributed by atoms with Gasteiger partial charge < -0.3 is 14.7 Å². The normalized spacial score (nSPS) is 28.4. The number of carbonyl (C=O) groups is 1. The molecule has 0 aliphatic carbocycles. The van der Waals surface area contributed by atoms with Crippen molar-refractivity contribution in [3.05, 3.63) is 16.4 Å². The third-order valence-corrected chi connectivity index (χ3v) is 3.72. The number of rotatable bonds is 1. The standard InChI is InChI=1S/C10H12BrN3O2/c11-9-5-8(16-13-9)10(15)14-4-2-6-7(14)1-3-12-6/h5-7,12H,1-4H2. The third-order valence-electron chi connectivity index (χ3n) is 3.35. The van der Waals surface area contributed by atoms with Crippen LogP contribution in [0.25, 0.3) is 0 Å². The predicted octanol–water partition coefficient (Wildman–Crippen LogP) is 1.01. The Morgan fingerprint density at radius 3 is 3.25 bits per heavy atom. The molecule has 0 aromatic carbocycles. The van der Waals surface area contributed by atoms with Crippen molar-refractivity contribution in [1.82, 2.24) is 15.4 Å². The molecule has 0 bridgehead atoms. The molecule has 1 aromatic rings. The summed E-state index contributed by atoms with van der Waals surface area (Å²) in [5.74, 6) is 0.272. The van der Waals surface area contributed by atoms with Crippen molar-refractivity contribution in [2.45, 2.75) is 24.9 Å². The van der Waals surface area contributed by atoms with Crippen molar-refractivity contribution in [3.8, 4) is 0 Å². The van der Waals surface area contributed by atoms with Crippen LogP contribution in [-0.2, 0) is 0 Å². The molecule has 3 rings (SSSR count). The van der Waals surface area contributed by atoms with E-state index in [1.165, 1.54) is 0 Å². The molecule has 2 saturated heterocycles. The predicted molar refractivity (Wildman–Crippen MR) is 60.1 cm³/mol. The first-order valence-corrected chi connectivity index (χ1v) is 6.21. The zero-order valence-corrected chi connectivity index (χ0v) is 10.2. The third kappa shape index (κ3) is 1.56. The van der Waals surface area contributed by atoms with Gasteiger partial charge in [0.1, 0.15) is 4.60 Å². The van der Waals surface area contributed by atoms with Gasteiger partial charge in [-0.1, -0.05) is 5.16 Å². The number of hydrogen-bond acceptors (Lipinski definition) is 4. The molecular formula is C10H12BrN3O2. The number of nitrogens with one attached hydrogen (secondary N) is 1. The number of fused-ring (bicyclic) bond motifs is 1. The van der Waals surface area contributed by atoms with E-state index in [0.29, 0.717) is 22.4 Å². The molecule has 1 aromatic heterocycles. The first-order chi connectivity index (χ1) is 7.75. The van der Waals surface area contributed by atoms with Gasteiger partial charge in [0.15, 0.2) is 0 Å². The Morgan fingerprint density at radius 1 is 1.62 bits per heavy atom. The molecule has 0 spiro atoms. The lowest BCUT2D eigenvalue weighted by Gasteiger charge is -2.21. The molecule has 6 heteroatoms. The van der Waals surface area contributed by atoms with Gasteiger partial charge in [-0.05, 0) is 35.3 Å². The topological polar surface area (TPSA) is 58.4 Å². The van der Waals surface area contributed by atoms with Gasteiger partial charge in [-0.15, -0.1) is 0 Å². The Morgan fingerprint density at radius 2 is 2.50 bits per heavy atom. The first kappa shape index (κ1) is 10.3. The molecule has 3 heterocycles. The smallest absolute Gasteiger partial charge is 0.292 e. The maximum absolute atomic E-state index is 12.1. The zero-order chi connectivity index (χ0) is 11.1. The summed E-state index contributed by atoms with van der Waals surface area (Å²) >= 11 is 3.18. The lowest BCUT2D eigenvalue weighted by molar-refractivity contribution is 0.0694. The Bertz CT molecular complexity index is 420. The van der Waals surface area contributed by atoms with E-state index in [1.807, 2.05) is 4.90 Å². The van der Waals surface area contributed by atoms with Crippen molar-refractivity contribution in [2.24, 2.45) is 0 Å². The van der Waals surface area contributed by atoms with Gasteiger partial charge in [0, 0.05) is 24.7 Å². The van der Waals surface area contributed by atoms with Gasteiger partial charge in [0.25, 0.3) is 5.91 Å². The van der Waals surface area contributed by atoms with Crippen molar-refractivity contribution >= 4 is 21.8 Å². The molecular weight excluding hydrogens is 274 g/mol. The maximum Gasteiger partial charge on any atom is 0.292 e. The Hall–Kier alpha value is -0.880. The molecule has 1 amide bonds. The summed E-state index contributed by atoms with van der Waals surface area (Å²) in [4.78, 5) is 14.0. The Kier molecular flexibility index (Phi) is 2.48. The van der Waals surface area contributed by atoms with Crippen molar-refractivity contribution < 1.29 is 9.32 Å². The van der Waals surface area contributed by atoms with Crippen molar-refractivity contribution in [3.63, 3.8) is 0 Å². The first-order valence-electron chi connectivity index (χ1n) is 5.42. The lowest BCUT2D eigenvalue weighted by Crippen LogP contribution is -2.38. The van der Waals surface area contributed by atoms with E-state index in [4.69, 9.17) is 4.52 Å². The number of halogens is 1. The van der Waals surface area contributed by atoms with E-state index in [1.54, 1.807) is 6.07 Å². The van der Waals surface area contributed by atoms with E-state index < -0.39 is 0 Å². The average Bonchev–Trinajstić information content (AvgIpc) is 2.90. The summed E-state index contributed by atoms with van der Waals surface area (Å²) in [6.45, 7) is 1.80. The number of aromatic nitrogens is 1. The summed E-state index contributed by atoms with van der Waals surface area (Å²) in [6, 6.07) is 2.42. The van der Waals surface area contributed by atoms with Crippen molar-refractivity contribution in [2.75, 3.05) is 13.1 Å². The Labute approximate surface area is 101 Å². The van der Waals surface area contributed by atoms with E-state index in [-0.39, 0.29) is 5.91 Å².